The van der Waals surface area contributed by atoms with Crippen molar-refractivity contribution in [3.63, 3.8) is 0 Å². The number of benzene rings is 3. The average molecular weight is 358 g/mol. The number of Topliss-reactive ketones (excluding diaryl/α,β-unsaturated/α-hetero) is 2. The predicted octanol–water partition coefficient (Wildman–Crippen LogP) is 4.94. The molecule has 3 rings (SSSR count). The Labute approximate surface area is 159 Å². The van der Waals surface area contributed by atoms with E-state index >= 15 is 0 Å². The van der Waals surface area contributed by atoms with Crippen LogP contribution < -0.4 is 0 Å². The molecule has 0 aromatic heterocycles. The van der Waals surface area contributed by atoms with E-state index in [-0.39, 0.29) is 23.9 Å². The van der Waals surface area contributed by atoms with E-state index < -0.39 is 6.10 Å². The van der Waals surface area contributed by atoms with E-state index in [1.807, 2.05) is 66.7 Å². The molecule has 0 saturated heterocycles. The molecule has 0 radical (unpaired) electrons. The Hall–Kier alpha value is -3.04. The molecule has 2 atom stereocenters. The average Bonchev–Trinajstić information content (AvgIpc) is 2.75. The summed E-state index contributed by atoms with van der Waals surface area (Å²) in [4.78, 5) is 25.9. The highest BCUT2D eigenvalue weighted by Gasteiger charge is 2.32. The van der Waals surface area contributed by atoms with E-state index in [4.69, 9.17) is 4.74 Å². The highest BCUT2D eigenvalue weighted by molar-refractivity contribution is 6.01. The fourth-order valence-electron chi connectivity index (χ4n) is 3.26. The Morgan fingerprint density at radius 3 is 1.74 bits per heavy atom. The van der Waals surface area contributed by atoms with Crippen molar-refractivity contribution in [2.75, 3.05) is 7.11 Å². The Kier molecular flexibility index (Phi) is 6.29. The molecule has 0 saturated carbocycles. The van der Waals surface area contributed by atoms with Crippen molar-refractivity contribution in [1.82, 2.24) is 0 Å². The van der Waals surface area contributed by atoms with Crippen molar-refractivity contribution >= 4 is 11.6 Å². The summed E-state index contributed by atoms with van der Waals surface area (Å²) in [5.74, 6) is -0.489. The normalized spacial score (nSPS) is 12.9. The van der Waals surface area contributed by atoms with Crippen molar-refractivity contribution in [2.45, 2.75) is 18.4 Å². The second-order valence-corrected chi connectivity index (χ2v) is 6.40. The molecule has 3 nitrogen and oxygen atoms in total. The molecular weight excluding hydrogens is 336 g/mol. The van der Waals surface area contributed by atoms with Gasteiger partial charge in [-0.15, -0.1) is 0 Å². The minimum Gasteiger partial charge on any atom is -0.373 e. The zero-order valence-electron chi connectivity index (χ0n) is 15.2. The van der Waals surface area contributed by atoms with E-state index in [2.05, 4.69) is 0 Å². The first-order valence-corrected chi connectivity index (χ1v) is 8.96. The van der Waals surface area contributed by atoms with Crippen molar-refractivity contribution in [3.8, 4) is 0 Å². The summed E-state index contributed by atoms with van der Waals surface area (Å²) in [6.07, 6.45) is -0.534. The van der Waals surface area contributed by atoms with Gasteiger partial charge in [0.1, 0.15) is 6.10 Å². The highest BCUT2D eigenvalue weighted by Crippen LogP contribution is 2.29. The summed E-state index contributed by atoms with van der Waals surface area (Å²) in [5, 5.41) is 0. The van der Waals surface area contributed by atoms with Crippen LogP contribution in [0, 0.1) is 0 Å². The molecule has 0 aliphatic carbocycles. The monoisotopic (exact) mass is 358 g/mol. The number of ether oxygens (including phenoxy) is 1. The molecule has 0 N–H and O–H groups in total. The van der Waals surface area contributed by atoms with Gasteiger partial charge in [-0.2, -0.15) is 0 Å². The Bertz CT molecular complexity index is 873. The maximum atomic E-state index is 13.1. The van der Waals surface area contributed by atoms with Crippen LogP contribution in [0.5, 0.6) is 0 Å². The van der Waals surface area contributed by atoms with Gasteiger partial charge in [0.25, 0.3) is 0 Å². The second kappa shape index (κ2) is 9.06. The molecule has 27 heavy (non-hydrogen) atoms. The lowest BCUT2D eigenvalue weighted by molar-refractivity contribution is 0.0499. The summed E-state index contributed by atoms with van der Waals surface area (Å²) in [7, 11) is 1.52. The molecule has 0 amide bonds. The van der Waals surface area contributed by atoms with Crippen LogP contribution in [-0.4, -0.2) is 24.8 Å². The lowest BCUT2D eigenvalue weighted by atomic mass is 9.84. The smallest absolute Gasteiger partial charge is 0.192 e. The van der Waals surface area contributed by atoms with E-state index in [9.17, 15) is 9.59 Å². The van der Waals surface area contributed by atoms with Crippen molar-refractivity contribution in [3.05, 3.63) is 108 Å². The van der Waals surface area contributed by atoms with E-state index in [1.165, 1.54) is 7.11 Å². The van der Waals surface area contributed by atoms with Crippen LogP contribution in [-0.2, 0) is 4.74 Å². The van der Waals surface area contributed by atoms with Gasteiger partial charge in [0.05, 0.1) is 0 Å². The maximum absolute atomic E-state index is 13.1. The van der Waals surface area contributed by atoms with E-state index in [0.29, 0.717) is 11.1 Å². The first-order valence-electron chi connectivity index (χ1n) is 8.96. The molecule has 3 heteroatoms. The predicted molar refractivity (Wildman–Crippen MR) is 106 cm³/mol. The highest BCUT2D eigenvalue weighted by atomic mass is 16.5. The summed E-state index contributed by atoms with van der Waals surface area (Å²) >= 11 is 0. The SMILES string of the molecule is CO[C@H](C(=O)c1ccccc1)[C@H](CC(=O)c1ccccc1)c1ccccc1. The van der Waals surface area contributed by atoms with E-state index in [0.717, 1.165) is 5.56 Å². The van der Waals surface area contributed by atoms with Gasteiger partial charge in [0.2, 0.25) is 0 Å². The molecule has 0 aliphatic rings. The van der Waals surface area contributed by atoms with E-state index in [1.54, 1.807) is 24.3 Å². The minimum atomic E-state index is -0.734. The first-order chi connectivity index (χ1) is 13.2. The van der Waals surface area contributed by atoms with Crippen molar-refractivity contribution in [2.24, 2.45) is 0 Å². The molecule has 0 spiro atoms. The number of hydrogen-bond donors (Lipinski definition) is 0. The lowest BCUT2D eigenvalue weighted by Crippen LogP contribution is -2.32. The van der Waals surface area contributed by atoms with Crippen molar-refractivity contribution < 1.29 is 14.3 Å². The quantitative estimate of drug-likeness (QED) is 0.536. The molecule has 0 bridgehead atoms. The molecule has 136 valence electrons. The van der Waals surface area contributed by atoms with Crippen molar-refractivity contribution in [1.29, 1.82) is 0 Å². The van der Waals surface area contributed by atoms with Crippen LogP contribution in [0.25, 0.3) is 0 Å². The fraction of sp³-hybridized carbons (Fsp3) is 0.167. The van der Waals surface area contributed by atoms with Gasteiger partial charge in [0.15, 0.2) is 11.6 Å². The van der Waals surface area contributed by atoms with Crippen LogP contribution in [0.4, 0.5) is 0 Å². The van der Waals surface area contributed by atoms with Gasteiger partial charge in [-0.3, -0.25) is 9.59 Å². The third-order valence-electron chi connectivity index (χ3n) is 4.66. The number of rotatable bonds is 8. The summed E-state index contributed by atoms with van der Waals surface area (Å²) in [6.45, 7) is 0. The largest absolute Gasteiger partial charge is 0.373 e. The fourth-order valence-corrected chi connectivity index (χ4v) is 3.26. The van der Waals surface area contributed by atoms with Crippen LogP contribution in [0.3, 0.4) is 0 Å². The van der Waals surface area contributed by atoms with Crippen LogP contribution in [0.15, 0.2) is 91.0 Å². The summed E-state index contributed by atoms with van der Waals surface area (Å²) < 4.78 is 5.62. The minimum absolute atomic E-state index is 0.00707. The number of carbonyl (C=O) groups is 2. The number of ketones is 2. The van der Waals surface area contributed by atoms with Crippen LogP contribution in [0.2, 0.25) is 0 Å². The van der Waals surface area contributed by atoms with Crippen LogP contribution >= 0.6 is 0 Å². The van der Waals surface area contributed by atoms with Gasteiger partial charge >= 0.3 is 0 Å². The maximum Gasteiger partial charge on any atom is 0.192 e. The summed E-state index contributed by atoms with van der Waals surface area (Å²) in [6, 6.07) is 27.8. The van der Waals surface area contributed by atoms with Crippen LogP contribution in [0.1, 0.15) is 38.6 Å². The number of hydrogen-bond acceptors (Lipinski definition) is 3. The van der Waals surface area contributed by atoms with Gasteiger partial charge in [0, 0.05) is 30.6 Å². The zero-order valence-corrected chi connectivity index (χ0v) is 15.2. The Balaban J connectivity index is 1.93. The number of carbonyl (C=O) groups excluding carboxylic acids is 2. The zero-order chi connectivity index (χ0) is 19.1. The molecule has 3 aromatic carbocycles. The summed E-state index contributed by atoms with van der Waals surface area (Å²) in [5.41, 5.74) is 2.13. The van der Waals surface area contributed by atoms with Gasteiger partial charge < -0.3 is 4.74 Å². The third kappa shape index (κ3) is 4.57. The second-order valence-electron chi connectivity index (χ2n) is 6.40. The third-order valence-corrected chi connectivity index (χ3v) is 4.66. The Morgan fingerprint density at radius 2 is 1.22 bits per heavy atom. The van der Waals surface area contributed by atoms with Gasteiger partial charge in [-0.25, -0.2) is 0 Å². The molecule has 0 heterocycles. The molecule has 0 aliphatic heterocycles. The molecule has 3 aromatic rings. The molecule has 0 fully saturated rings. The Morgan fingerprint density at radius 1 is 0.741 bits per heavy atom. The lowest BCUT2D eigenvalue weighted by Gasteiger charge is -2.25. The molecular formula is C24H22O3. The molecule has 0 unspecified atom stereocenters. The standard InChI is InChI=1S/C24H22O3/c1-27-24(23(26)20-15-9-4-10-16-20)21(18-11-5-2-6-12-18)17-22(25)19-13-7-3-8-14-19/h2-16,21,24H,17H2,1H3/t21-,24+/m1/s1. The number of methoxy groups -OCH3 is 1. The van der Waals surface area contributed by atoms with Gasteiger partial charge in [-0.05, 0) is 5.56 Å². The first kappa shape index (κ1) is 18.7. The topological polar surface area (TPSA) is 43.4 Å². The van der Waals surface area contributed by atoms with Gasteiger partial charge in [-0.1, -0.05) is 91.0 Å².